The molecule has 0 saturated carbocycles. The summed E-state index contributed by atoms with van der Waals surface area (Å²) in [5.74, 6) is -3.61. The van der Waals surface area contributed by atoms with E-state index in [1.54, 1.807) is 0 Å². The van der Waals surface area contributed by atoms with Crippen LogP contribution in [0.3, 0.4) is 0 Å². The van der Waals surface area contributed by atoms with Crippen LogP contribution in [0.1, 0.15) is 19.8 Å². The Balaban J connectivity index is 3.92. The summed E-state index contributed by atoms with van der Waals surface area (Å²) >= 11 is 0. The van der Waals surface area contributed by atoms with E-state index >= 15 is 0 Å². The van der Waals surface area contributed by atoms with Crippen LogP contribution in [-0.2, 0) is 19.1 Å². The molecule has 0 heterocycles. The molecule has 1 N–H and O–H groups in total. The highest BCUT2D eigenvalue weighted by Gasteiger charge is 2.29. The summed E-state index contributed by atoms with van der Waals surface area (Å²) in [6.07, 6.45) is -4.49. The van der Waals surface area contributed by atoms with Crippen molar-refractivity contribution in [2.24, 2.45) is 5.92 Å². The standard InChI is InChI=1S/C10H15F3O5/c1-2-18-9(16)7(8(14)15)4-3-5-17-6-10(11,12)13/h7H,2-6H2,1H3,(H,14,15). The van der Waals surface area contributed by atoms with E-state index in [0.717, 1.165) is 0 Å². The predicted molar refractivity (Wildman–Crippen MR) is 53.9 cm³/mol. The number of alkyl halides is 3. The summed E-state index contributed by atoms with van der Waals surface area (Å²) in [4.78, 5) is 21.9. The number of hydrogen-bond donors (Lipinski definition) is 1. The summed E-state index contributed by atoms with van der Waals surface area (Å²) in [6.45, 7) is -0.0662. The Kier molecular flexibility index (Phi) is 7.33. The lowest BCUT2D eigenvalue weighted by atomic mass is 10.0. The second-order valence-electron chi connectivity index (χ2n) is 3.45. The number of carbonyl (C=O) groups excluding carboxylic acids is 1. The molecule has 0 fully saturated rings. The van der Waals surface area contributed by atoms with Gasteiger partial charge in [-0.1, -0.05) is 0 Å². The molecule has 0 aliphatic heterocycles. The van der Waals surface area contributed by atoms with Gasteiger partial charge >= 0.3 is 18.1 Å². The zero-order valence-corrected chi connectivity index (χ0v) is 9.83. The third kappa shape index (κ3) is 7.88. The molecule has 0 amide bonds. The molecule has 106 valence electrons. The van der Waals surface area contributed by atoms with Crippen LogP contribution in [0.25, 0.3) is 0 Å². The van der Waals surface area contributed by atoms with E-state index in [9.17, 15) is 22.8 Å². The number of carboxylic acids is 1. The highest BCUT2D eigenvalue weighted by atomic mass is 19.4. The van der Waals surface area contributed by atoms with Crippen molar-refractivity contribution in [1.82, 2.24) is 0 Å². The van der Waals surface area contributed by atoms with E-state index in [-0.39, 0.29) is 26.1 Å². The number of carbonyl (C=O) groups is 2. The minimum absolute atomic E-state index is 0.0336. The van der Waals surface area contributed by atoms with Crippen molar-refractivity contribution < 1.29 is 37.3 Å². The Morgan fingerprint density at radius 2 is 1.94 bits per heavy atom. The first-order valence-corrected chi connectivity index (χ1v) is 5.32. The van der Waals surface area contributed by atoms with Crippen molar-refractivity contribution in [2.75, 3.05) is 19.8 Å². The molecule has 0 spiro atoms. The maximum absolute atomic E-state index is 11.7. The summed E-state index contributed by atoms with van der Waals surface area (Å²) in [6, 6.07) is 0. The molecule has 0 aromatic rings. The van der Waals surface area contributed by atoms with Crippen molar-refractivity contribution in [3.05, 3.63) is 0 Å². The number of aliphatic carboxylic acids is 1. The Morgan fingerprint density at radius 3 is 2.39 bits per heavy atom. The maximum atomic E-state index is 11.7. The number of ether oxygens (including phenoxy) is 2. The largest absolute Gasteiger partial charge is 0.481 e. The van der Waals surface area contributed by atoms with Crippen LogP contribution in [0.5, 0.6) is 0 Å². The van der Waals surface area contributed by atoms with Crippen LogP contribution < -0.4 is 0 Å². The van der Waals surface area contributed by atoms with Crippen LogP contribution in [0, 0.1) is 5.92 Å². The van der Waals surface area contributed by atoms with E-state index in [1.165, 1.54) is 6.92 Å². The maximum Gasteiger partial charge on any atom is 0.411 e. The molecular weight excluding hydrogens is 257 g/mol. The van der Waals surface area contributed by atoms with Gasteiger partial charge in [0.2, 0.25) is 0 Å². The Labute approximate surface area is 102 Å². The van der Waals surface area contributed by atoms with Gasteiger partial charge in [0.25, 0.3) is 0 Å². The second-order valence-corrected chi connectivity index (χ2v) is 3.45. The van der Waals surface area contributed by atoms with Crippen LogP contribution in [0.2, 0.25) is 0 Å². The Morgan fingerprint density at radius 1 is 1.33 bits per heavy atom. The fraction of sp³-hybridized carbons (Fsp3) is 0.800. The molecule has 0 rings (SSSR count). The summed E-state index contributed by atoms with van der Waals surface area (Å²) in [5, 5.41) is 8.73. The number of halogens is 3. The van der Waals surface area contributed by atoms with Gasteiger partial charge in [-0.3, -0.25) is 9.59 Å². The molecule has 5 nitrogen and oxygen atoms in total. The first-order chi connectivity index (χ1) is 8.28. The van der Waals surface area contributed by atoms with Gasteiger partial charge in [0.15, 0.2) is 5.92 Å². The molecule has 1 unspecified atom stereocenters. The first-order valence-electron chi connectivity index (χ1n) is 5.32. The monoisotopic (exact) mass is 272 g/mol. The Hall–Kier alpha value is -1.31. The van der Waals surface area contributed by atoms with Gasteiger partial charge in [-0.15, -0.1) is 0 Å². The molecule has 0 aromatic heterocycles. The van der Waals surface area contributed by atoms with Crippen molar-refractivity contribution >= 4 is 11.9 Å². The first kappa shape index (κ1) is 16.7. The fourth-order valence-corrected chi connectivity index (χ4v) is 1.16. The SMILES string of the molecule is CCOC(=O)C(CCCOCC(F)(F)F)C(=O)O. The van der Waals surface area contributed by atoms with Crippen molar-refractivity contribution in [2.45, 2.75) is 25.9 Å². The van der Waals surface area contributed by atoms with E-state index in [1.807, 2.05) is 0 Å². The van der Waals surface area contributed by atoms with Crippen LogP contribution in [-0.4, -0.2) is 43.0 Å². The number of carboxylic acid groups (broad SMARTS) is 1. The topological polar surface area (TPSA) is 72.8 Å². The van der Waals surface area contributed by atoms with E-state index in [2.05, 4.69) is 9.47 Å². The quantitative estimate of drug-likeness (QED) is 0.413. The van der Waals surface area contributed by atoms with Crippen LogP contribution in [0.15, 0.2) is 0 Å². The molecule has 1 atom stereocenters. The van der Waals surface area contributed by atoms with E-state index < -0.39 is 30.6 Å². The van der Waals surface area contributed by atoms with Gasteiger partial charge in [0.05, 0.1) is 6.61 Å². The molecule has 8 heteroatoms. The lowest BCUT2D eigenvalue weighted by Gasteiger charge is -2.11. The van der Waals surface area contributed by atoms with Gasteiger partial charge < -0.3 is 14.6 Å². The van der Waals surface area contributed by atoms with Crippen molar-refractivity contribution in [3.8, 4) is 0 Å². The molecular formula is C10H15F3O5. The summed E-state index contributed by atoms with van der Waals surface area (Å²) in [5.41, 5.74) is 0. The number of hydrogen-bond acceptors (Lipinski definition) is 4. The van der Waals surface area contributed by atoms with Gasteiger partial charge in [-0.05, 0) is 19.8 Å². The minimum Gasteiger partial charge on any atom is -0.481 e. The highest BCUT2D eigenvalue weighted by molar-refractivity contribution is 5.93. The van der Waals surface area contributed by atoms with Gasteiger partial charge in [-0.2, -0.15) is 13.2 Å². The van der Waals surface area contributed by atoms with Crippen LogP contribution >= 0.6 is 0 Å². The van der Waals surface area contributed by atoms with E-state index in [4.69, 9.17) is 5.11 Å². The molecule has 0 radical (unpaired) electrons. The third-order valence-corrected chi connectivity index (χ3v) is 1.92. The van der Waals surface area contributed by atoms with Gasteiger partial charge in [0.1, 0.15) is 6.61 Å². The molecule has 0 aromatic carbocycles. The molecule has 0 aliphatic carbocycles. The highest BCUT2D eigenvalue weighted by Crippen LogP contribution is 2.15. The average molecular weight is 272 g/mol. The number of esters is 1. The third-order valence-electron chi connectivity index (χ3n) is 1.92. The molecule has 0 aliphatic rings. The molecule has 0 saturated heterocycles. The van der Waals surface area contributed by atoms with Gasteiger partial charge in [0, 0.05) is 6.61 Å². The zero-order valence-electron chi connectivity index (χ0n) is 9.83. The summed E-state index contributed by atoms with van der Waals surface area (Å²) < 4.78 is 43.9. The normalized spacial score (nSPS) is 13.1. The minimum atomic E-state index is -4.41. The van der Waals surface area contributed by atoms with Crippen molar-refractivity contribution in [3.63, 3.8) is 0 Å². The second kappa shape index (κ2) is 7.91. The Bertz CT molecular complexity index is 277. The van der Waals surface area contributed by atoms with E-state index in [0.29, 0.717) is 0 Å². The fourth-order valence-electron chi connectivity index (χ4n) is 1.16. The predicted octanol–water partition coefficient (Wildman–Crippen LogP) is 1.61. The molecule has 18 heavy (non-hydrogen) atoms. The van der Waals surface area contributed by atoms with Crippen LogP contribution in [0.4, 0.5) is 13.2 Å². The molecule has 0 bridgehead atoms. The summed E-state index contributed by atoms with van der Waals surface area (Å²) in [7, 11) is 0. The van der Waals surface area contributed by atoms with Crippen molar-refractivity contribution in [1.29, 1.82) is 0 Å². The van der Waals surface area contributed by atoms with Gasteiger partial charge in [-0.25, -0.2) is 0 Å². The lowest BCUT2D eigenvalue weighted by Crippen LogP contribution is -2.26. The zero-order chi connectivity index (χ0) is 14.2. The average Bonchev–Trinajstić information content (AvgIpc) is 2.21. The lowest BCUT2D eigenvalue weighted by molar-refractivity contribution is -0.175. The smallest absolute Gasteiger partial charge is 0.411 e. The number of rotatable bonds is 8.